The van der Waals surface area contributed by atoms with Gasteiger partial charge in [0.2, 0.25) is 5.91 Å². The monoisotopic (exact) mass is 227 g/mol. The Labute approximate surface area is 98.8 Å². The van der Waals surface area contributed by atoms with Gasteiger partial charge in [0.1, 0.15) is 0 Å². The first-order valence-electron chi connectivity index (χ1n) is 6.04. The highest BCUT2D eigenvalue weighted by Crippen LogP contribution is 2.21. The number of nitrogens with zero attached hydrogens (tertiary/aromatic N) is 2. The van der Waals surface area contributed by atoms with Crippen molar-refractivity contribution in [1.82, 2.24) is 9.80 Å². The molecule has 1 unspecified atom stereocenters. The third kappa shape index (κ3) is 2.95. The first-order valence-corrected chi connectivity index (χ1v) is 6.04. The van der Waals surface area contributed by atoms with Crippen LogP contribution in [0.3, 0.4) is 0 Å². The van der Waals surface area contributed by atoms with E-state index in [1.165, 1.54) is 6.42 Å². The zero-order chi connectivity index (χ0) is 12.3. The molecule has 0 aliphatic carbocycles. The lowest BCUT2D eigenvalue weighted by Crippen LogP contribution is -2.52. The van der Waals surface area contributed by atoms with Crippen molar-refractivity contribution in [3.05, 3.63) is 0 Å². The molecule has 1 aliphatic heterocycles. The van der Waals surface area contributed by atoms with Gasteiger partial charge in [-0.05, 0) is 40.8 Å². The molecule has 2 N–H and O–H groups in total. The Morgan fingerprint density at radius 2 is 2.12 bits per heavy atom. The van der Waals surface area contributed by atoms with Crippen LogP contribution in [0.5, 0.6) is 0 Å². The highest BCUT2D eigenvalue weighted by molar-refractivity contribution is 5.82. The minimum Gasteiger partial charge on any atom is -0.341 e. The molecule has 1 amide bonds. The predicted molar refractivity (Wildman–Crippen MR) is 66.1 cm³/mol. The van der Waals surface area contributed by atoms with Crippen molar-refractivity contribution in [3.8, 4) is 0 Å². The van der Waals surface area contributed by atoms with Crippen molar-refractivity contribution in [2.24, 2.45) is 11.1 Å². The van der Waals surface area contributed by atoms with Gasteiger partial charge < -0.3 is 15.5 Å². The third-order valence-electron chi connectivity index (χ3n) is 3.50. The van der Waals surface area contributed by atoms with Crippen LogP contribution >= 0.6 is 0 Å². The number of carbonyl (C=O) groups excluding carboxylic acids is 1. The highest BCUT2D eigenvalue weighted by atomic mass is 16.2. The molecule has 16 heavy (non-hydrogen) atoms. The van der Waals surface area contributed by atoms with Crippen LogP contribution in [0.1, 0.15) is 26.7 Å². The summed E-state index contributed by atoms with van der Waals surface area (Å²) in [6, 6.07) is 0.492. The topological polar surface area (TPSA) is 49.6 Å². The van der Waals surface area contributed by atoms with Gasteiger partial charge in [0, 0.05) is 25.7 Å². The van der Waals surface area contributed by atoms with E-state index in [0.29, 0.717) is 12.6 Å². The van der Waals surface area contributed by atoms with Crippen molar-refractivity contribution >= 4 is 5.91 Å². The number of carbonyl (C=O) groups is 1. The lowest BCUT2D eigenvalue weighted by atomic mass is 9.90. The molecule has 0 saturated carbocycles. The summed E-state index contributed by atoms with van der Waals surface area (Å²) in [5, 5.41) is 0. The first-order chi connectivity index (χ1) is 7.38. The smallest absolute Gasteiger partial charge is 0.229 e. The van der Waals surface area contributed by atoms with E-state index in [-0.39, 0.29) is 5.91 Å². The number of piperidine rings is 1. The second-order valence-corrected chi connectivity index (χ2v) is 5.60. The minimum absolute atomic E-state index is 0.196. The fourth-order valence-electron chi connectivity index (χ4n) is 2.08. The van der Waals surface area contributed by atoms with Crippen molar-refractivity contribution in [3.63, 3.8) is 0 Å². The van der Waals surface area contributed by atoms with Crippen LogP contribution < -0.4 is 5.73 Å². The summed E-state index contributed by atoms with van der Waals surface area (Å²) in [6.45, 7) is 5.99. The molecule has 0 bridgehead atoms. The summed E-state index contributed by atoms with van der Waals surface area (Å²) in [5.74, 6) is 0.196. The number of nitrogens with two attached hydrogens (primary N) is 1. The van der Waals surface area contributed by atoms with Gasteiger partial charge in [-0.2, -0.15) is 0 Å². The van der Waals surface area contributed by atoms with Crippen LogP contribution in [0.15, 0.2) is 0 Å². The number of hydrogen-bond donors (Lipinski definition) is 1. The molecule has 1 heterocycles. The summed E-state index contributed by atoms with van der Waals surface area (Å²) in [6.07, 6.45) is 2.27. The van der Waals surface area contributed by atoms with Gasteiger partial charge >= 0.3 is 0 Å². The van der Waals surface area contributed by atoms with Gasteiger partial charge in [-0.25, -0.2) is 0 Å². The quantitative estimate of drug-likeness (QED) is 0.765. The Balaban J connectivity index is 2.64. The van der Waals surface area contributed by atoms with Gasteiger partial charge in [-0.1, -0.05) is 0 Å². The Kier molecular flexibility index (Phi) is 4.33. The number of amides is 1. The number of likely N-dealkylation sites (tertiary alicyclic amines) is 1. The van der Waals surface area contributed by atoms with Crippen molar-refractivity contribution in [2.45, 2.75) is 32.7 Å². The number of rotatable bonds is 3. The fraction of sp³-hybridized carbons (Fsp3) is 0.917. The summed E-state index contributed by atoms with van der Waals surface area (Å²) in [5.41, 5.74) is 5.23. The molecule has 1 saturated heterocycles. The molecule has 1 aliphatic rings. The molecule has 94 valence electrons. The normalized spacial score (nSPS) is 22.6. The van der Waals surface area contributed by atoms with E-state index in [9.17, 15) is 4.79 Å². The van der Waals surface area contributed by atoms with E-state index >= 15 is 0 Å². The van der Waals surface area contributed by atoms with Crippen LogP contribution in [0.25, 0.3) is 0 Å². The minimum atomic E-state index is -0.422. The van der Waals surface area contributed by atoms with Gasteiger partial charge in [-0.15, -0.1) is 0 Å². The van der Waals surface area contributed by atoms with E-state index in [1.807, 2.05) is 18.7 Å². The maximum absolute atomic E-state index is 12.2. The van der Waals surface area contributed by atoms with E-state index in [2.05, 4.69) is 19.0 Å². The summed E-state index contributed by atoms with van der Waals surface area (Å²) < 4.78 is 0. The number of hydrogen-bond acceptors (Lipinski definition) is 3. The second kappa shape index (κ2) is 5.15. The van der Waals surface area contributed by atoms with E-state index in [1.54, 1.807) is 0 Å². The van der Waals surface area contributed by atoms with E-state index in [0.717, 1.165) is 19.5 Å². The second-order valence-electron chi connectivity index (χ2n) is 5.60. The van der Waals surface area contributed by atoms with E-state index in [4.69, 9.17) is 5.73 Å². The number of likely N-dealkylation sites (N-methyl/N-ethyl adjacent to an activating group) is 1. The lowest BCUT2D eigenvalue weighted by Gasteiger charge is -2.39. The first kappa shape index (κ1) is 13.5. The Morgan fingerprint density at radius 1 is 1.50 bits per heavy atom. The average Bonchev–Trinajstić information content (AvgIpc) is 2.28. The Morgan fingerprint density at radius 3 is 2.62 bits per heavy atom. The Bertz CT molecular complexity index is 251. The van der Waals surface area contributed by atoms with Crippen molar-refractivity contribution < 1.29 is 4.79 Å². The maximum atomic E-state index is 12.2. The molecule has 0 aromatic carbocycles. The fourth-order valence-corrected chi connectivity index (χ4v) is 2.08. The third-order valence-corrected chi connectivity index (χ3v) is 3.50. The summed E-state index contributed by atoms with van der Waals surface area (Å²) >= 11 is 0. The molecule has 0 spiro atoms. The Hall–Kier alpha value is -0.610. The van der Waals surface area contributed by atoms with Gasteiger partial charge in [-0.3, -0.25) is 4.79 Å². The van der Waals surface area contributed by atoms with Gasteiger partial charge in [0.15, 0.2) is 0 Å². The molecule has 0 aromatic rings. The van der Waals surface area contributed by atoms with Crippen molar-refractivity contribution in [2.75, 3.05) is 33.7 Å². The molecular formula is C12H25N3O. The van der Waals surface area contributed by atoms with Gasteiger partial charge in [0.05, 0.1) is 5.41 Å². The van der Waals surface area contributed by atoms with E-state index < -0.39 is 5.41 Å². The largest absolute Gasteiger partial charge is 0.341 e. The molecule has 1 fully saturated rings. The zero-order valence-corrected chi connectivity index (χ0v) is 11.0. The van der Waals surface area contributed by atoms with Crippen LogP contribution in [0.4, 0.5) is 0 Å². The molecule has 4 heteroatoms. The van der Waals surface area contributed by atoms with Crippen LogP contribution in [0, 0.1) is 5.41 Å². The highest BCUT2D eigenvalue weighted by Gasteiger charge is 2.33. The SMILES string of the molecule is CN(C)C1CCCN(C(=O)C(C)(C)CN)C1. The van der Waals surface area contributed by atoms with Crippen LogP contribution in [0.2, 0.25) is 0 Å². The maximum Gasteiger partial charge on any atom is 0.229 e. The molecule has 1 atom stereocenters. The molecule has 4 nitrogen and oxygen atoms in total. The van der Waals surface area contributed by atoms with Gasteiger partial charge in [0.25, 0.3) is 0 Å². The standard InChI is InChI=1S/C12H25N3O/c1-12(2,9-13)11(16)15-7-5-6-10(8-15)14(3)4/h10H,5-9,13H2,1-4H3. The summed E-state index contributed by atoms with van der Waals surface area (Å²) in [4.78, 5) is 16.4. The van der Waals surface area contributed by atoms with Crippen LogP contribution in [-0.4, -0.2) is 55.5 Å². The average molecular weight is 227 g/mol. The molecule has 0 radical (unpaired) electrons. The predicted octanol–water partition coefficient (Wildman–Crippen LogP) is 0.524. The molecule has 0 aromatic heterocycles. The molecular weight excluding hydrogens is 202 g/mol. The molecule has 1 rings (SSSR count). The zero-order valence-electron chi connectivity index (χ0n) is 11.0. The van der Waals surface area contributed by atoms with Crippen molar-refractivity contribution in [1.29, 1.82) is 0 Å². The summed E-state index contributed by atoms with van der Waals surface area (Å²) in [7, 11) is 4.15. The van der Waals surface area contributed by atoms with Crippen LogP contribution in [-0.2, 0) is 4.79 Å². The lowest BCUT2D eigenvalue weighted by molar-refractivity contribution is -0.141.